The molecule has 94 valence electrons. The van der Waals surface area contributed by atoms with Crippen LogP contribution >= 0.6 is 0 Å². The average Bonchev–Trinajstić information content (AvgIpc) is 2.29. The number of nitrogens with zero attached hydrogens (tertiary/aromatic N) is 2. The molecule has 1 rings (SSSR count). The Kier molecular flexibility index (Phi) is 6.42. The Morgan fingerprint density at radius 2 is 2.31 bits per heavy atom. The summed E-state index contributed by atoms with van der Waals surface area (Å²) in [5.41, 5.74) is 0.933. The van der Waals surface area contributed by atoms with Crippen LogP contribution in [0.15, 0.2) is 5.16 Å². The van der Waals surface area contributed by atoms with E-state index in [-0.39, 0.29) is 0 Å². The second-order valence-corrected chi connectivity index (χ2v) is 4.51. The summed E-state index contributed by atoms with van der Waals surface area (Å²) in [6.45, 7) is 8.94. The van der Waals surface area contributed by atoms with Crippen LogP contribution in [0.3, 0.4) is 0 Å². The standard InChI is InChI=1S/C12H24N2O2/c1-3-4-8-16-9-7-14-6-5-12(13-15)11(2)10-14/h11,15H,3-10H2,1-2H3. The van der Waals surface area contributed by atoms with Crippen molar-refractivity contribution in [2.45, 2.75) is 33.1 Å². The normalized spacial score (nSPS) is 25.1. The van der Waals surface area contributed by atoms with Gasteiger partial charge in [-0.05, 0) is 6.42 Å². The highest BCUT2D eigenvalue weighted by Crippen LogP contribution is 2.13. The summed E-state index contributed by atoms with van der Waals surface area (Å²) in [4.78, 5) is 2.38. The van der Waals surface area contributed by atoms with Crippen LogP contribution in [-0.2, 0) is 4.74 Å². The number of rotatable bonds is 6. The van der Waals surface area contributed by atoms with Gasteiger partial charge in [-0.1, -0.05) is 25.4 Å². The van der Waals surface area contributed by atoms with Crippen LogP contribution in [0.5, 0.6) is 0 Å². The number of piperidine rings is 1. The third-order valence-corrected chi connectivity index (χ3v) is 3.11. The van der Waals surface area contributed by atoms with Crippen molar-refractivity contribution in [3.8, 4) is 0 Å². The van der Waals surface area contributed by atoms with Gasteiger partial charge >= 0.3 is 0 Å². The Balaban J connectivity index is 2.11. The van der Waals surface area contributed by atoms with E-state index in [1.165, 1.54) is 6.42 Å². The molecule has 1 N–H and O–H groups in total. The Bertz CT molecular complexity index is 219. The molecule has 1 fully saturated rings. The van der Waals surface area contributed by atoms with Crippen molar-refractivity contribution in [1.82, 2.24) is 4.90 Å². The van der Waals surface area contributed by atoms with Gasteiger partial charge in [0.05, 0.1) is 12.3 Å². The zero-order chi connectivity index (χ0) is 11.8. The lowest BCUT2D eigenvalue weighted by Gasteiger charge is -2.31. The maximum atomic E-state index is 8.77. The molecule has 0 aromatic heterocycles. The van der Waals surface area contributed by atoms with Crippen LogP contribution in [0.4, 0.5) is 0 Å². The van der Waals surface area contributed by atoms with E-state index in [0.29, 0.717) is 5.92 Å². The van der Waals surface area contributed by atoms with Crippen LogP contribution in [0.25, 0.3) is 0 Å². The molecule has 4 heteroatoms. The zero-order valence-electron chi connectivity index (χ0n) is 10.5. The SMILES string of the molecule is CCCCOCCN1CCC(=NO)C(C)C1. The summed E-state index contributed by atoms with van der Waals surface area (Å²) in [6, 6.07) is 0. The van der Waals surface area contributed by atoms with E-state index in [0.717, 1.165) is 51.4 Å². The molecule has 0 amide bonds. The summed E-state index contributed by atoms with van der Waals surface area (Å²) < 4.78 is 5.54. The fourth-order valence-corrected chi connectivity index (χ4v) is 2.00. The minimum Gasteiger partial charge on any atom is -0.411 e. The van der Waals surface area contributed by atoms with Crippen LogP contribution in [0.2, 0.25) is 0 Å². The minimum absolute atomic E-state index is 0.370. The van der Waals surface area contributed by atoms with Gasteiger partial charge in [-0.2, -0.15) is 0 Å². The van der Waals surface area contributed by atoms with Gasteiger partial charge in [0.2, 0.25) is 0 Å². The van der Waals surface area contributed by atoms with E-state index in [1.807, 2.05) is 0 Å². The van der Waals surface area contributed by atoms with Gasteiger partial charge in [-0.25, -0.2) is 0 Å². The fourth-order valence-electron chi connectivity index (χ4n) is 2.00. The molecule has 4 nitrogen and oxygen atoms in total. The molecule has 16 heavy (non-hydrogen) atoms. The topological polar surface area (TPSA) is 45.1 Å². The molecule has 0 radical (unpaired) electrons. The highest BCUT2D eigenvalue weighted by atomic mass is 16.5. The highest BCUT2D eigenvalue weighted by molar-refractivity contribution is 5.86. The van der Waals surface area contributed by atoms with Gasteiger partial charge < -0.3 is 14.8 Å². The van der Waals surface area contributed by atoms with Crippen molar-refractivity contribution >= 4 is 5.71 Å². The first kappa shape index (κ1) is 13.5. The first-order valence-electron chi connectivity index (χ1n) is 6.28. The highest BCUT2D eigenvalue weighted by Gasteiger charge is 2.21. The van der Waals surface area contributed by atoms with Crippen LogP contribution < -0.4 is 0 Å². The first-order valence-corrected chi connectivity index (χ1v) is 6.28. The summed E-state index contributed by atoms with van der Waals surface area (Å²) in [5.74, 6) is 0.370. The minimum atomic E-state index is 0.370. The monoisotopic (exact) mass is 228 g/mol. The van der Waals surface area contributed by atoms with Crippen LogP contribution in [0.1, 0.15) is 33.1 Å². The van der Waals surface area contributed by atoms with Crippen molar-refractivity contribution in [3.05, 3.63) is 0 Å². The van der Waals surface area contributed by atoms with Crippen molar-refractivity contribution in [3.63, 3.8) is 0 Å². The third kappa shape index (κ3) is 4.49. The molecular formula is C12H24N2O2. The Morgan fingerprint density at radius 1 is 1.50 bits per heavy atom. The molecule has 1 unspecified atom stereocenters. The molecule has 1 heterocycles. The molecule has 0 aromatic carbocycles. The van der Waals surface area contributed by atoms with Crippen LogP contribution in [0, 0.1) is 5.92 Å². The molecule has 0 spiro atoms. The number of ether oxygens (including phenoxy) is 1. The molecule has 0 bridgehead atoms. The number of hydrogen-bond acceptors (Lipinski definition) is 4. The number of likely N-dealkylation sites (tertiary alicyclic amines) is 1. The zero-order valence-corrected chi connectivity index (χ0v) is 10.5. The third-order valence-electron chi connectivity index (χ3n) is 3.11. The predicted molar refractivity (Wildman–Crippen MR) is 65.2 cm³/mol. The van der Waals surface area contributed by atoms with Crippen molar-refractivity contribution in [1.29, 1.82) is 0 Å². The molecule has 1 aliphatic heterocycles. The number of hydrogen-bond donors (Lipinski definition) is 1. The quantitative estimate of drug-likeness (QED) is 0.429. The molecule has 1 atom stereocenters. The Hall–Kier alpha value is -0.610. The molecule has 1 aliphatic rings. The average molecular weight is 228 g/mol. The van der Waals surface area contributed by atoms with E-state index < -0.39 is 0 Å². The van der Waals surface area contributed by atoms with Crippen molar-refractivity contribution in [2.75, 3.05) is 32.8 Å². The lowest BCUT2D eigenvalue weighted by Crippen LogP contribution is -2.41. The Morgan fingerprint density at radius 3 is 2.94 bits per heavy atom. The number of oxime groups is 1. The second kappa shape index (κ2) is 7.63. The summed E-state index contributed by atoms with van der Waals surface area (Å²) in [5, 5.41) is 12.1. The molecule has 0 saturated carbocycles. The molecule has 1 saturated heterocycles. The summed E-state index contributed by atoms with van der Waals surface area (Å²) in [7, 11) is 0. The molecular weight excluding hydrogens is 204 g/mol. The molecule has 0 aliphatic carbocycles. The van der Waals surface area contributed by atoms with E-state index in [1.54, 1.807) is 0 Å². The van der Waals surface area contributed by atoms with E-state index in [9.17, 15) is 0 Å². The maximum Gasteiger partial charge on any atom is 0.0624 e. The van der Waals surface area contributed by atoms with Gasteiger partial charge in [0.25, 0.3) is 0 Å². The largest absolute Gasteiger partial charge is 0.411 e. The Labute approximate surface area is 98.3 Å². The van der Waals surface area contributed by atoms with E-state index in [2.05, 4.69) is 23.9 Å². The second-order valence-electron chi connectivity index (χ2n) is 4.51. The summed E-state index contributed by atoms with van der Waals surface area (Å²) >= 11 is 0. The van der Waals surface area contributed by atoms with Gasteiger partial charge in [0.1, 0.15) is 0 Å². The van der Waals surface area contributed by atoms with Gasteiger partial charge in [0, 0.05) is 38.6 Å². The predicted octanol–water partition coefficient (Wildman–Crippen LogP) is 1.98. The summed E-state index contributed by atoms with van der Waals surface area (Å²) in [6.07, 6.45) is 3.22. The van der Waals surface area contributed by atoms with Crippen molar-refractivity contribution in [2.24, 2.45) is 11.1 Å². The van der Waals surface area contributed by atoms with Crippen LogP contribution in [-0.4, -0.2) is 48.7 Å². The van der Waals surface area contributed by atoms with E-state index >= 15 is 0 Å². The van der Waals surface area contributed by atoms with Crippen molar-refractivity contribution < 1.29 is 9.94 Å². The van der Waals surface area contributed by atoms with Gasteiger partial charge in [0.15, 0.2) is 0 Å². The number of unbranched alkanes of at least 4 members (excludes halogenated alkanes) is 1. The smallest absolute Gasteiger partial charge is 0.0624 e. The molecule has 0 aromatic rings. The maximum absolute atomic E-state index is 8.77. The fraction of sp³-hybridized carbons (Fsp3) is 0.917. The lowest BCUT2D eigenvalue weighted by atomic mass is 9.98. The lowest BCUT2D eigenvalue weighted by molar-refractivity contribution is 0.0968. The van der Waals surface area contributed by atoms with Gasteiger partial charge in [-0.15, -0.1) is 0 Å². The first-order chi connectivity index (χ1) is 7.77. The van der Waals surface area contributed by atoms with Gasteiger partial charge in [-0.3, -0.25) is 0 Å². The van der Waals surface area contributed by atoms with E-state index in [4.69, 9.17) is 9.94 Å².